The summed E-state index contributed by atoms with van der Waals surface area (Å²) in [5.41, 5.74) is 0.982. The minimum Gasteiger partial charge on any atom is -0.480 e. The quantitative estimate of drug-likeness (QED) is 0.687. The number of carboxylic acids is 1. The molecule has 1 aromatic carbocycles. The third-order valence-electron chi connectivity index (χ3n) is 3.12. The van der Waals surface area contributed by atoms with Crippen LogP contribution in [0.2, 0.25) is 0 Å². The fraction of sp³-hybridized carbons (Fsp3) is 0.250. The number of hydrogen-bond acceptors (Lipinski definition) is 6. The van der Waals surface area contributed by atoms with Crippen LogP contribution >= 0.6 is 11.3 Å². The Morgan fingerprint density at radius 2 is 2.00 bits per heavy atom. The molecule has 9 heteroatoms. The number of alkyl carbamates (subject to hydrolysis) is 1. The molecule has 1 aromatic heterocycles. The number of rotatable bonds is 7. The maximum atomic E-state index is 11.9. The molecular formula is C16H17N3O5S. The van der Waals surface area contributed by atoms with E-state index in [2.05, 4.69) is 15.6 Å². The van der Waals surface area contributed by atoms with E-state index < -0.39 is 24.0 Å². The van der Waals surface area contributed by atoms with Crippen LogP contribution in [0.15, 0.2) is 35.7 Å². The van der Waals surface area contributed by atoms with E-state index in [1.165, 1.54) is 11.3 Å². The Kier molecular flexibility index (Phi) is 6.47. The van der Waals surface area contributed by atoms with Gasteiger partial charge in [-0.1, -0.05) is 30.3 Å². The van der Waals surface area contributed by atoms with Crippen molar-refractivity contribution in [3.63, 3.8) is 0 Å². The van der Waals surface area contributed by atoms with Gasteiger partial charge in [0.15, 0.2) is 0 Å². The number of amides is 2. The van der Waals surface area contributed by atoms with Gasteiger partial charge in [0.2, 0.25) is 0 Å². The Bertz CT molecular complexity index is 747. The molecule has 0 fully saturated rings. The van der Waals surface area contributed by atoms with Gasteiger partial charge in [-0.05, 0) is 12.5 Å². The molecule has 25 heavy (non-hydrogen) atoms. The highest BCUT2D eigenvalue weighted by atomic mass is 32.1. The number of benzene rings is 1. The number of nitrogens with one attached hydrogen (secondary N) is 2. The maximum Gasteiger partial charge on any atom is 0.408 e. The maximum absolute atomic E-state index is 11.9. The molecule has 2 aromatic rings. The Morgan fingerprint density at radius 3 is 2.60 bits per heavy atom. The van der Waals surface area contributed by atoms with Crippen molar-refractivity contribution in [1.29, 1.82) is 0 Å². The average Bonchev–Trinajstić information content (AvgIpc) is 3.03. The van der Waals surface area contributed by atoms with Gasteiger partial charge in [0.25, 0.3) is 5.91 Å². The first-order valence-corrected chi connectivity index (χ1v) is 8.24. The molecule has 0 aliphatic rings. The van der Waals surface area contributed by atoms with Gasteiger partial charge in [0.05, 0.1) is 5.01 Å². The highest BCUT2D eigenvalue weighted by Gasteiger charge is 2.22. The van der Waals surface area contributed by atoms with Crippen molar-refractivity contribution in [2.24, 2.45) is 0 Å². The molecule has 0 bridgehead atoms. The van der Waals surface area contributed by atoms with Crippen molar-refractivity contribution < 1.29 is 24.2 Å². The fourth-order valence-electron chi connectivity index (χ4n) is 1.86. The second-order valence-corrected chi connectivity index (χ2v) is 6.12. The van der Waals surface area contributed by atoms with E-state index in [1.807, 2.05) is 6.07 Å². The van der Waals surface area contributed by atoms with Crippen LogP contribution < -0.4 is 10.6 Å². The second-order valence-electron chi connectivity index (χ2n) is 5.06. The number of aryl methyl sites for hydroxylation is 1. The number of thiazole rings is 1. The molecule has 0 spiro atoms. The average molecular weight is 363 g/mol. The molecule has 3 N–H and O–H groups in total. The fourth-order valence-corrected chi connectivity index (χ4v) is 2.45. The highest BCUT2D eigenvalue weighted by Crippen LogP contribution is 2.07. The number of carbonyl (C=O) groups excluding carboxylic acids is 2. The number of aliphatic carboxylic acids is 1. The predicted octanol–water partition coefficient (Wildman–Crippen LogP) is 1.56. The summed E-state index contributed by atoms with van der Waals surface area (Å²) in [6, 6.07) is 7.66. The van der Waals surface area contributed by atoms with Crippen LogP contribution in [0.3, 0.4) is 0 Å². The Morgan fingerprint density at radius 1 is 1.28 bits per heavy atom. The van der Waals surface area contributed by atoms with E-state index in [9.17, 15) is 14.4 Å². The van der Waals surface area contributed by atoms with Crippen LogP contribution in [0.5, 0.6) is 0 Å². The number of aromatic nitrogens is 1. The number of hydrogen-bond donors (Lipinski definition) is 3. The van der Waals surface area contributed by atoms with Crippen LogP contribution in [-0.4, -0.2) is 40.6 Å². The molecule has 132 valence electrons. The largest absolute Gasteiger partial charge is 0.480 e. The van der Waals surface area contributed by atoms with E-state index in [0.29, 0.717) is 0 Å². The molecule has 0 radical (unpaired) electrons. The molecule has 2 rings (SSSR count). The summed E-state index contributed by atoms with van der Waals surface area (Å²) in [4.78, 5) is 38.8. The van der Waals surface area contributed by atoms with Crippen molar-refractivity contribution in [3.8, 4) is 0 Å². The lowest BCUT2D eigenvalue weighted by atomic mass is 10.2. The first-order chi connectivity index (χ1) is 12.0. The molecule has 0 saturated heterocycles. The van der Waals surface area contributed by atoms with Crippen molar-refractivity contribution >= 4 is 29.3 Å². The van der Waals surface area contributed by atoms with Crippen molar-refractivity contribution in [2.75, 3.05) is 6.54 Å². The topological polar surface area (TPSA) is 118 Å². The first kappa shape index (κ1) is 18.4. The Balaban J connectivity index is 1.82. The molecule has 1 atom stereocenters. The molecule has 1 heterocycles. The molecule has 1 unspecified atom stereocenters. The summed E-state index contributed by atoms with van der Waals surface area (Å²) in [5, 5.41) is 16.1. The van der Waals surface area contributed by atoms with Gasteiger partial charge >= 0.3 is 12.1 Å². The van der Waals surface area contributed by atoms with Gasteiger partial charge in [-0.3, -0.25) is 4.79 Å². The van der Waals surface area contributed by atoms with Gasteiger partial charge in [-0.15, -0.1) is 11.3 Å². The number of carbonyl (C=O) groups is 3. The van der Waals surface area contributed by atoms with Gasteiger partial charge in [0, 0.05) is 11.9 Å². The zero-order chi connectivity index (χ0) is 18.2. The monoisotopic (exact) mass is 363 g/mol. The zero-order valence-electron chi connectivity index (χ0n) is 13.4. The molecule has 2 amide bonds. The molecule has 0 aliphatic heterocycles. The van der Waals surface area contributed by atoms with E-state index in [-0.39, 0.29) is 18.8 Å². The van der Waals surface area contributed by atoms with Gasteiger partial charge in [0.1, 0.15) is 18.3 Å². The zero-order valence-corrected chi connectivity index (χ0v) is 14.2. The molecular weight excluding hydrogens is 346 g/mol. The minimum absolute atomic E-state index is 0.0173. The van der Waals surface area contributed by atoms with Crippen molar-refractivity contribution in [3.05, 3.63) is 52.0 Å². The van der Waals surface area contributed by atoms with Crippen LogP contribution in [0.1, 0.15) is 21.1 Å². The normalized spacial score (nSPS) is 11.4. The number of ether oxygens (including phenoxy) is 1. The van der Waals surface area contributed by atoms with Crippen LogP contribution in [0.25, 0.3) is 0 Å². The Hall–Kier alpha value is -2.94. The Labute approximate surface area is 147 Å². The molecule has 0 aliphatic carbocycles. The van der Waals surface area contributed by atoms with Crippen molar-refractivity contribution in [1.82, 2.24) is 15.6 Å². The summed E-state index contributed by atoms with van der Waals surface area (Å²) in [7, 11) is 0. The summed E-state index contributed by atoms with van der Waals surface area (Å²) in [6.07, 6.45) is -0.880. The molecule has 8 nitrogen and oxygen atoms in total. The first-order valence-electron chi connectivity index (χ1n) is 7.36. The third kappa shape index (κ3) is 5.88. The minimum atomic E-state index is -1.31. The lowest BCUT2D eigenvalue weighted by Crippen LogP contribution is -2.48. The third-order valence-corrected chi connectivity index (χ3v) is 3.89. The van der Waals surface area contributed by atoms with Gasteiger partial charge in [-0.25, -0.2) is 14.6 Å². The van der Waals surface area contributed by atoms with E-state index in [0.717, 1.165) is 10.6 Å². The van der Waals surface area contributed by atoms with Gasteiger partial charge in [-0.2, -0.15) is 0 Å². The van der Waals surface area contributed by atoms with Crippen molar-refractivity contribution in [2.45, 2.75) is 19.6 Å². The summed E-state index contributed by atoms with van der Waals surface area (Å²) in [6.45, 7) is 1.49. The van der Waals surface area contributed by atoms with E-state index in [4.69, 9.17) is 9.84 Å². The lowest BCUT2D eigenvalue weighted by molar-refractivity contribution is -0.139. The smallest absolute Gasteiger partial charge is 0.408 e. The van der Waals surface area contributed by atoms with Crippen LogP contribution in [0, 0.1) is 6.92 Å². The van der Waals surface area contributed by atoms with Crippen LogP contribution in [0.4, 0.5) is 4.79 Å². The number of nitrogens with zero attached hydrogens (tertiary/aromatic N) is 1. The number of carboxylic acid groups (broad SMARTS) is 1. The van der Waals surface area contributed by atoms with E-state index in [1.54, 1.807) is 36.6 Å². The van der Waals surface area contributed by atoms with E-state index >= 15 is 0 Å². The van der Waals surface area contributed by atoms with Gasteiger partial charge < -0.3 is 20.5 Å². The lowest BCUT2D eigenvalue weighted by Gasteiger charge is -2.15. The second kappa shape index (κ2) is 8.78. The highest BCUT2D eigenvalue weighted by molar-refractivity contribution is 7.09. The SMILES string of the molecule is Cc1nc(C(=O)NCC(NC(=O)OCc2ccccc2)C(=O)O)cs1. The predicted molar refractivity (Wildman–Crippen MR) is 90.4 cm³/mol. The van der Waals surface area contributed by atoms with Crippen LogP contribution in [-0.2, 0) is 16.1 Å². The summed E-state index contributed by atoms with van der Waals surface area (Å²) < 4.78 is 4.97. The standard InChI is InChI=1S/C16H17N3O5S/c1-10-18-13(9-25-10)14(20)17-7-12(15(21)22)19-16(23)24-8-11-5-3-2-4-6-11/h2-6,9,12H,7-8H2,1H3,(H,17,20)(H,19,23)(H,21,22). The summed E-state index contributed by atoms with van der Waals surface area (Å²) in [5.74, 6) is -1.79. The summed E-state index contributed by atoms with van der Waals surface area (Å²) >= 11 is 1.31. The molecule has 0 saturated carbocycles.